The number of esters is 1. The summed E-state index contributed by atoms with van der Waals surface area (Å²) in [5.41, 5.74) is 2.29. The molecule has 21 heavy (non-hydrogen) atoms. The molecule has 2 N–H and O–H groups in total. The third kappa shape index (κ3) is 3.54. The van der Waals surface area contributed by atoms with Gasteiger partial charge in [0.25, 0.3) is 0 Å². The third-order valence-electron chi connectivity index (χ3n) is 3.26. The minimum Gasteiger partial charge on any atom is -0.466 e. The molecule has 0 spiro atoms. The van der Waals surface area contributed by atoms with Gasteiger partial charge in [0.15, 0.2) is 5.11 Å². The van der Waals surface area contributed by atoms with Gasteiger partial charge < -0.3 is 15.4 Å². The summed E-state index contributed by atoms with van der Waals surface area (Å²) in [5.74, 6) is -0.360. The summed E-state index contributed by atoms with van der Waals surface area (Å²) < 4.78 is 4.93. The lowest BCUT2D eigenvalue weighted by Gasteiger charge is -2.30. The first kappa shape index (κ1) is 15.8. The molecule has 0 aromatic heterocycles. The van der Waals surface area contributed by atoms with E-state index in [1.807, 2.05) is 19.1 Å². The Morgan fingerprint density at radius 2 is 2.05 bits per heavy atom. The topological polar surface area (TPSA) is 50.4 Å². The van der Waals surface area contributed by atoms with Gasteiger partial charge in [0, 0.05) is 10.7 Å². The van der Waals surface area contributed by atoms with Crippen LogP contribution in [-0.4, -0.2) is 18.2 Å². The molecule has 1 aromatic carbocycles. The zero-order chi connectivity index (χ0) is 15.4. The van der Waals surface area contributed by atoms with Gasteiger partial charge in [-0.1, -0.05) is 37.1 Å². The van der Waals surface area contributed by atoms with E-state index in [-0.39, 0.29) is 12.0 Å². The molecule has 1 aliphatic heterocycles. The normalized spacial score (nSPS) is 18.0. The van der Waals surface area contributed by atoms with E-state index >= 15 is 0 Å². The number of allylic oxidation sites excluding steroid dienone is 1. The number of benzene rings is 1. The number of hydrogen-bond donors (Lipinski definition) is 2. The number of methoxy groups -OCH3 is 1. The molecule has 0 aliphatic carbocycles. The summed E-state index contributed by atoms with van der Waals surface area (Å²) >= 11 is 11.2. The first-order chi connectivity index (χ1) is 10.1. The molecule has 0 saturated carbocycles. The maximum Gasteiger partial charge on any atom is 0.337 e. The second-order valence-electron chi connectivity index (χ2n) is 4.72. The summed E-state index contributed by atoms with van der Waals surface area (Å²) in [7, 11) is 1.38. The average molecular weight is 325 g/mol. The molecule has 0 saturated heterocycles. The van der Waals surface area contributed by atoms with Crippen molar-refractivity contribution in [1.29, 1.82) is 0 Å². The van der Waals surface area contributed by atoms with E-state index in [4.69, 9.17) is 28.6 Å². The summed E-state index contributed by atoms with van der Waals surface area (Å²) in [5, 5.41) is 7.34. The van der Waals surface area contributed by atoms with Crippen LogP contribution in [0.3, 0.4) is 0 Å². The van der Waals surface area contributed by atoms with Crippen LogP contribution >= 0.6 is 23.8 Å². The quantitative estimate of drug-likeness (QED) is 0.658. The van der Waals surface area contributed by atoms with Gasteiger partial charge in [-0.2, -0.15) is 0 Å². The van der Waals surface area contributed by atoms with E-state index in [1.165, 1.54) is 7.11 Å². The van der Waals surface area contributed by atoms with E-state index in [9.17, 15) is 4.79 Å². The fraction of sp³-hybridized carbons (Fsp3) is 0.333. The Hall–Kier alpha value is -1.59. The Kier molecular flexibility index (Phi) is 5.20. The molecule has 1 heterocycles. The molecule has 6 heteroatoms. The highest BCUT2D eigenvalue weighted by Gasteiger charge is 2.31. The van der Waals surface area contributed by atoms with E-state index in [0.717, 1.165) is 24.1 Å². The van der Waals surface area contributed by atoms with Gasteiger partial charge in [-0.15, -0.1) is 0 Å². The molecular formula is C15H17ClN2O2S. The molecule has 0 fully saturated rings. The van der Waals surface area contributed by atoms with Crippen LogP contribution in [0.15, 0.2) is 35.5 Å². The second kappa shape index (κ2) is 6.91. The Labute approximate surface area is 134 Å². The van der Waals surface area contributed by atoms with Crippen LogP contribution in [0, 0.1) is 0 Å². The zero-order valence-electron chi connectivity index (χ0n) is 11.9. The largest absolute Gasteiger partial charge is 0.466 e. The molecule has 1 aliphatic rings. The predicted molar refractivity (Wildman–Crippen MR) is 87.0 cm³/mol. The van der Waals surface area contributed by atoms with Gasteiger partial charge in [-0.3, -0.25) is 0 Å². The molecule has 112 valence electrons. The molecule has 1 atom stereocenters. The van der Waals surface area contributed by atoms with Crippen LogP contribution in [0.4, 0.5) is 0 Å². The van der Waals surface area contributed by atoms with Crippen molar-refractivity contribution >= 4 is 34.9 Å². The smallest absolute Gasteiger partial charge is 0.337 e. The van der Waals surface area contributed by atoms with Crippen molar-refractivity contribution in [3.05, 3.63) is 46.1 Å². The van der Waals surface area contributed by atoms with E-state index < -0.39 is 0 Å². The van der Waals surface area contributed by atoms with E-state index in [0.29, 0.717) is 15.7 Å². The first-order valence-corrected chi connectivity index (χ1v) is 7.49. The number of hydrogen-bond acceptors (Lipinski definition) is 3. The third-order valence-corrected chi connectivity index (χ3v) is 3.73. The average Bonchev–Trinajstić information content (AvgIpc) is 2.47. The maximum atomic E-state index is 12.2. The van der Waals surface area contributed by atoms with Crippen molar-refractivity contribution in [1.82, 2.24) is 10.6 Å². The monoisotopic (exact) mass is 324 g/mol. The molecule has 0 amide bonds. The second-order valence-corrected chi connectivity index (χ2v) is 5.56. The number of nitrogens with one attached hydrogen (secondary N) is 2. The summed E-state index contributed by atoms with van der Waals surface area (Å²) in [6, 6.07) is 7.00. The zero-order valence-corrected chi connectivity index (χ0v) is 13.5. The van der Waals surface area contributed by atoms with Gasteiger partial charge in [0.2, 0.25) is 0 Å². The lowest BCUT2D eigenvalue weighted by molar-refractivity contribution is -0.136. The summed E-state index contributed by atoms with van der Waals surface area (Å²) in [6.45, 7) is 2.05. The summed E-state index contributed by atoms with van der Waals surface area (Å²) in [6.07, 6.45) is 1.63. The molecule has 1 unspecified atom stereocenters. The van der Waals surface area contributed by atoms with Crippen LogP contribution in [0.1, 0.15) is 31.4 Å². The summed E-state index contributed by atoms with van der Waals surface area (Å²) in [4.78, 5) is 12.2. The number of ether oxygens (including phenoxy) is 1. The van der Waals surface area contributed by atoms with Crippen molar-refractivity contribution in [2.24, 2.45) is 0 Å². The van der Waals surface area contributed by atoms with Crippen LogP contribution in [0.25, 0.3) is 0 Å². The van der Waals surface area contributed by atoms with Gasteiger partial charge in [0.1, 0.15) is 0 Å². The highest BCUT2D eigenvalue weighted by molar-refractivity contribution is 7.80. The van der Waals surface area contributed by atoms with Crippen LogP contribution in [-0.2, 0) is 9.53 Å². The highest BCUT2D eigenvalue weighted by atomic mass is 35.5. The number of thiocarbonyl (C=S) groups is 1. The Bertz CT molecular complexity index is 584. The number of carbonyl (C=O) groups is 1. The van der Waals surface area contributed by atoms with Crippen molar-refractivity contribution in [3.8, 4) is 0 Å². The van der Waals surface area contributed by atoms with E-state index in [2.05, 4.69) is 10.6 Å². The van der Waals surface area contributed by atoms with Crippen molar-refractivity contribution in [3.63, 3.8) is 0 Å². The van der Waals surface area contributed by atoms with Gasteiger partial charge in [-0.05, 0) is 36.3 Å². The Balaban J connectivity index is 2.49. The SMILES string of the molecule is CCCC1=C(C(=O)OC)C(c2ccc(Cl)cc2)NC(=S)N1. The molecule has 1 aromatic rings. The lowest BCUT2D eigenvalue weighted by Crippen LogP contribution is -2.45. The number of rotatable bonds is 4. The number of halogens is 1. The first-order valence-electron chi connectivity index (χ1n) is 6.71. The molecule has 0 radical (unpaired) electrons. The minimum absolute atomic E-state index is 0.329. The van der Waals surface area contributed by atoms with Crippen LogP contribution in [0.5, 0.6) is 0 Å². The number of carbonyl (C=O) groups excluding carboxylic acids is 1. The van der Waals surface area contributed by atoms with Crippen molar-refractivity contribution < 1.29 is 9.53 Å². The standard InChI is InChI=1S/C15H17ClN2O2S/c1-3-4-11-12(14(19)20-2)13(18-15(21)17-11)9-5-7-10(16)8-6-9/h5-8,13H,3-4H2,1-2H3,(H2,17,18,21). The fourth-order valence-electron chi connectivity index (χ4n) is 2.32. The van der Waals surface area contributed by atoms with Crippen LogP contribution in [0.2, 0.25) is 5.02 Å². The molecule has 4 nitrogen and oxygen atoms in total. The van der Waals surface area contributed by atoms with Crippen LogP contribution < -0.4 is 10.6 Å². The Morgan fingerprint density at radius 3 is 2.62 bits per heavy atom. The molecular weight excluding hydrogens is 308 g/mol. The molecule has 0 bridgehead atoms. The van der Waals surface area contributed by atoms with Gasteiger partial charge in [0.05, 0.1) is 18.7 Å². The van der Waals surface area contributed by atoms with Gasteiger partial charge in [-0.25, -0.2) is 4.79 Å². The van der Waals surface area contributed by atoms with E-state index in [1.54, 1.807) is 12.1 Å². The highest BCUT2D eigenvalue weighted by Crippen LogP contribution is 2.29. The molecule has 2 rings (SSSR count). The predicted octanol–water partition coefficient (Wildman–Crippen LogP) is 3.09. The van der Waals surface area contributed by atoms with Gasteiger partial charge >= 0.3 is 5.97 Å². The lowest BCUT2D eigenvalue weighted by atomic mass is 9.94. The van der Waals surface area contributed by atoms with Crippen molar-refractivity contribution in [2.75, 3.05) is 7.11 Å². The minimum atomic E-state index is -0.360. The van der Waals surface area contributed by atoms with Crippen molar-refractivity contribution in [2.45, 2.75) is 25.8 Å². The maximum absolute atomic E-state index is 12.2. The fourth-order valence-corrected chi connectivity index (χ4v) is 2.69. The Morgan fingerprint density at radius 1 is 1.38 bits per heavy atom.